The first-order valence-electron chi connectivity index (χ1n) is 6.27. The van der Waals surface area contributed by atoms with Crippen LogP contribution in [0, 0.1) is 13.8 Å². The molecule has 0 aliphatic carbocycles. The van der Waals surface area contributed by atoms with Crippen LogP contribution in [0.5, 0.6) is 5.75 Å². The minimum atomic E-state index is -0.566. The summed E-state index contributed by atoms with van der Waals surface area (Å²) in [7, 11) is 1.89. The molecule has 0 amide bonds. The van der Waals surface area contributed by atoms with Crippen molar-refractivity contribution in [2.45, 2.75) is 26.0 Å². The lowest BCUT2D eigenvalue weighted by Crippen LogP contribution is -2.45. The Morgan fingerprint density at radius 1 is 1.39 bits per heavy atom. The number of aryl methyl sites for hydroxylation is 2. The first kappa shape index (κ1) is 13.3. The molecule has 0 saturated carbocycles. The summed E-state index contributed by atoms with van der Waals surface area (Å²) in [5, 5.41) is 19.4. The first-order chi connectivity index (χ1) is 8.54. The number of hydrogen-bond donors (Lipinski definition) is 2. The third kappa shape index (κ3) is 2.36. The van der Waals surface area contributed by atoms with Gasteiger partial charge in [-0.2, -0.15) is 0 Å². The van der Waals surface area contributed by atoms with Gasteiger partial charge in [0.1, 0.15) is 18.5 Å². The Balaban J connectivity index is 2.30. The van der Waals surface area contributed by atoms with Crippen molar-refractivity contribution in [2.75, 3.05) is 26.8 Å². The van der Waals surface area contributed by atoms with Gasteiger partial charge in [-0.05, 0) is 32.5 Å². The number of nitrogens with zero attached hydrogens (tertiary/aromatic N) is 1. The lowest BCUT2D eigenvalue weighted by Gasteiger charge is -2.36. The lowest BCUT2D eigenvalue weighted by molar-refractivity contribution is 0.00916. The zero-order valence-corrected chi connectivity index (χ0v) is 11.2. The number of benzene rings is 1. The number of aliphatic hydroxyl groups is 2. The molecule has 4 nitrogen and oxygen atoms in total. The molecule has 1 aromatic rings. The minimum absolute atomic E-state index is 0.0828. The molecule has 0 aromatic heterocycles. The largest absolute Gasteiger partial charge is 0.491 e. The molecular formula is C14H21NO3. The van der Waals surface area contributed by atoms with Crippen LogP contribution in [0.15, 0.2) is 12.1 Å². The van der Waals surface area contributed by atoms with Crippen LogP contribution < -0.4 is 4.74 Å². The Morgan fingerprint density at radius 2 is 2.11 bits per heavy atom. The maximum Gasteiger partial charge on any atom is 0.128 e. The standard InChI is InChI=1S/C14H21NO3/c1-9-6-10(2)14-11(7-9)13(17)12(8-18-14)15(3)4-5-16/h6-7,12-13,16-17H,4-5,8H2,1-3H3. The van der Waals surface area contributed by atoms with Gasteiger partial charge in [0.15, 0.2) is 0 Å². The molecule has 2 rings (SSSR count). The Labute approximate surface area is 108 Å². The number of ether oxygens (including phenoxy) is 1. The van der Waals surface area contributed by atoms with E-state index in [1.807, 2.05) is 31.9 Å². The molecular weight excluding hydrogens is 230 g/mol. The normalized spacial score (nSPS) is 22.8. The molecule has 0 fully saturated rings. The van der Waals surface area contributed by atoms with Crippen LogP contribution in [-0.4, -0.2) is 48.0 Å². The highest BCUT2D eigenvalue weighted by Crippen LogP contribution is 2.37. The van der Waals surface area contributed by atoms with Crippen molar-refractivity contribution in [3.8, 4) is 5.75 Å². The van der Waals surface area contributed by atoms with Crippen molar-refractivity contribution < 1.29 is 14.9 Å². The van der Waals surface area contributed by atoms with Crippen LogP contribution in [-0.2, 0) is 0 Å². The van der Waals surface area contributed by atoms with E-state index in [1.165, 1.54) is 0 Å². The predicted molar refractivity (Wildman–Crippen MR) is 69.9 cm³/mol. The van der Waals surface area contributed by atoms with Crippen molar-refractivity contribution in [3.63, 3.8) is 0 Å². The smallest absolute Gasteiger partial charge is 0.128 e. The van der Waals surface area contributed by atoms with Crippen LogP contribution in [0.25, 0.3) is 0 Å². The number of aliphatic hydroxyl groups excluding tert-OH is 2. The van der Waals surface area contributed by atoms with Crippen molar-refractivity contribution in [1.82, 2.24) is 4.90 Å². The summed E-state index contributed by atoms with van der Waals surface area (Å²) in [5.41, 5.74) is 3.04. The van der Waals surface area contributed by atoms with E-state index in [2.05, 4.69) is 6.07 Å². The molecule has 100 valence electrons. The van der Waals surface area contributed by atoms with Crippen molar-refractivity contribution in [1.29, 1.82) is 0 Å². The molecule has 4 heteroatoms. The quantitative estimate of drug-likeness (QED) is 0.842. The van der Waals surface area contributed by atoms with Crippen LogP contribution in [0.4, 0.5) is 0 Å². The highest BCUT2D eigenvalue weighted by molar-refractivity contribution is 5.46. The van der Waals surface area contributed by atoms with Gasteiger partial charge in [-0.25, -0.2) is 0 Å². The zero-order valence-electron chi connectivity index (χ0n) is 11.2. The van der Waals surface area contributed by atoms with Gasteiger partial charge >= 0.3 is 0 Å². The first-order valence-corrected chi connectivity index (χ1v) is 6.27. The molecule has 1 aromatic carbocycles. The van der Waals surface area contributed by atoms with Crippen molar-refractivity contribution in [3.05, 3.63) is 28.8 Å². The van der Waals surface area contributed by atoms with Gasteiger partial charge in [0.05, 0.1) is 12.6 Å². The summed E-state index contributed by atoms with van der Waals surface area (Å²) >= 11 is 0. The van der Waals surface area contributed by atoms with Gasteiger partial charge < -0.3 is 14.9 Å². The molecule has 0 saturated heterocycles. The van der Waals surface area contributed by atoms with Gasteiger partial charge in [0, 0.05) is 12.1 Å². The van der Waals surface area contributed by atoms with Crippen LogP contribution in [0.2, 0.25) is 0 Å². The zero-order chi connectivity index (χ0) is 13.3. The van der Waals surface area contributed by atoms with E-state index in [9.17, 15) is 5.11 Å². The lowest BCUT2D eigenvalue weighted by atomic mass is 9.94. The molecule has 18 heavy (non-hydrogen) atoms. The predicted octanol–water partition coefficient (Wildman–Crippen LogP) is 1.02. The van der Waals surface area contributed by atoms with E-state index in [-0.39, 0.29) is 12.6 Å². The third-order valence-corrected chi connectivity index (χ3v) is 3.55. The van der Waals surface area contributed by atoms with Crippen LogP contribution >= 0.6 is 0 Å². The summed E-state index contributed by atoms with van der Waals surface area (Å²) in [6.45, 7) is 5.08. The fourth-order valence-electron chi connectivity index (χ4n) is 2.56. The van der Waals surface area contributed by atoms with E-state index in [1.54, 1.807) is 0 Å². The van der Waals surface area contributed by atoms with Gasteiger partial charge in [-0.3, -0.25) is 4.90 Å². The Hall–Kier alpha value is -1.10. The number of rotatable bonds is 3. The van der Waals surface area contributed by atoms with Gasteiger partial charge in [-0.15, -0.1) is 0 Å². The van der Waals surface area contributed by atoms with Crippen LogP contribution in [0.1, 0.15) is 22.8 Å². The van der Waals surface area contributed by atoms with E-state index < -0.39 is 6.10 Å². The highest BCUT2D eigenvalue weighted by Gasteiger charge is 2.32. The second kappa shape index (κ2) is 5.26. The maximum atomic E-state index is 10.5. The van der Waals surface area contributed by atoms with E-state index in [0.29, 0.717) is 13.2 Å². The maximum absolute atomic E-state index is 10.5. The second-order valence-electron chi connectivity index (χ2n) is 5.03. The van der Waals surface area contributed by atoms with E-state index >= 15 is 0 Å². The SMILES string of the molecule is Cc1cc(C)c2c(c1)C(O)C(N(C)CCO)CO2. The van der Waals surface area contributed by atoms with Gasteiger partial charge in [0.2, 0.25) is 0 Å². The van der Waals surface area contributed by atoms with Crippen LogP contribution in [0.3, 0.4) is 0 Å². The fraction of sp³-hybridized carbons (Fsp3) is 0.571. The summed E-state index contributed by atoms with van der Waals surface area (Å²) in [5.74, 6) is 0.807. The van der Waals surface area contributed by atoms with Gasteiger partial charge in [0.25, 0.3) is 0 Å². The second-order valence-corrected chi connectivity index (χ2v) is 5.03. The van der Waals surface area contributed by atoms with Gasteiger partial charge in [-0.1, -0.05) is 11.6 Å². The Morgan fingerprint density at radius 3 is 2.78 bits per heavy atom. The average molecular weight is 251 g/mol. The molecule has 0 radical (unpaired) electrons. The monoisotopic (exact) mass is 251 g/mol. The molecule has 1 aliphatic rings. The van der Waals surface area contributed by atoms with Crippen molar-refractivity contribution in [2.24, 2.45) is 0 Å². The Kier molecular flexibility index (Phi) is 3.90. The molecule has 1 aliphatic heterocycles. The minimum Gasteiger partial charge on any atom is -0.491 e. The molecule has 0 bridgehead atoms. The third-order valence-electron chi connectivity index (χ3n) is 3.55. The van der Waals surface area contributed by atoms with Crippen molar-refractivity contribution >= 4 is 0 Å². The fourth-order valence-corrected chi connectivity index (χ4v) is 2.56. The topological polar surface area (TPSA) is 52.9 Å². The molecule has 2 atom stereocenters. The molecule has 1 heterocycles. The molecule has 0 spiro atoms. The Bertz CT molecular complexity index is 433. The average Bonchev–Trinajstić information content (AvgIpc) is 2.30. The number of likely N-dealkylation sites (N-methyl/N-ethyl adjacent to an activating group) is 1. The molecule has 2 N–H and O–H groups in total. The summed E-state index contributed by atoms with van der Waals surface area (Å²) < 4.78 is 5.78. The summed E-state index contributed by atoms with van der Waals surface area (Å²) in [6, 6.07) is 3.93. The summed E-state index contributed by atoms with van der Waals surface area (Å²) in [4.78, 5) is 1.94. The van der Waals surface area contributed by atoms with E-state index in [4.69, 9.17) is 9.84 Å². The molecule has 2 unspecified atom stereocenters. The number of hydrogen-bond acceptors (Lipinski definition) is 4. The summed E-state index contributed by atoms with van der Waals surface area (Å²) in [6.07, 6.45) is -0.566. The highest BCUT2D eigenvalue weighted by atomic mass is 16.5. The van der Waals surface area contributed by atoms with E-state index in [0.717, 1.165) is 22.4 Å². The number of fused-ring (bicyclic) bond motifs is 1.